The molecule has 0 aliphatic heterocycles. The number of amides is 2. The topological polar surface area (TPSA) is 249 Å². The summed E-state index contributed by atoms with van der Waals surface area (Å²) in [5.74, 6) is -3.82. The van der Waals surface area contributed by atoms with Crippen LogP contribution in [0.5, 0.6) is 0 Å². The SMILES string of the molecule is NCCCC[C@H](NC(=O)[C@@H](N)CCC(=O)O)C(=O)N[C@H](CCCN=C(N)N)C(=O)O. The fourth-order valence-corrected chi connectivity index (χ4v) is 2.48. The first kappa shape index (κ1) is 27.1. The molecule has 0 aromatic rings. The van der Waals surface area contributed by atoms with Crippen molar-refractivity contribution in [2.45, 2.75) is 63.1 Å². The summed E-state index contributed by atoms with van der Waals surface area (Å²) in [7, 11) is 0. The normalized spacial score (nSPS) is 13.5. The molecule has 0 aliphatic carbocycles. The summed E-state index contributed by atoms with van der Waals surface area (Å²) >= 11 is 0. The van der Waals surface area contributed by atoms with Crippen molar-refractivity contribution in [3.05, 3.63) is 0 Å². The highest BCUT2D eigenvalue weighted by atomic mass is 16.4. The van der Waals surface area contributed by atoms with Gasteiger partial charge in [-0.1, -0.05) is 0 Å². The number of rotatable bonds is 16. The van der Waals surface area contributed by atoms with E-state index in [4.69, 9.17) is 28.0 Å². The van der Waals surface area contributed by atoms with Crippen molar-refractivity contribution in [2.75, 3.05) is 13.1 Å². The average molecular weight is 431 g/mol. The van der Waals surface area contributed by atoms with Crippen LogP contribution in [0.25, 0.3) is 0 Å². The molecule has 0 saturated carbocycles. The van der Waals surface area contributed by atoms with Crippen LogP contribution in [-0.2, 0) is 19.2 Å². The van der Waals surface area contributed by atoms with Gasteiger partial charge in [0, 0.05) is 13.0 Å². The zero-order chi connectivity index (χ0) is 23.1. The van der Waals surface area contributed by atoms with Gasteiger partial charge in [-0.05, 0) is 45.1 Å². The standard InChI is InChI=1S/C17H33N7O6/c18-8-2-1-4-11(23-14(27)10(19)6-7-13(25)26)15(28)24-12(16(29)30)5-3-9-22-17(20)21/h10-12H,1-9,18-19H2,(H,23,27)(H,24,28)(H,25,26)(H,29,30)(H4,20,21,22)/t10-,11-,12+/m0/s1. The lowest BCUT2D eigenvalue weighted by molar-refractivity contribution is -0.142. The summed E-state index contributed by atoms with van der Waals surface area (Å²) in [4.78, 5) is 50.6. The summed E-state index contributed by atoms with van der Waals surface area (Å²) in [5.41, 5.74) is 21.5. The molecule has 13 nitrogen and oxygen atoms in total. The molecule has 3 atom stereocenters. The van der Waals surface area contributed by atoms with Crippen molar-refractivity contribution in [1.82, 2.24) is 10.6 Å². The van der Waals surface area contributed by atoms with E-state index in [1.807, 2.05) is 0 Å². The Kier molecular flexibility index (Phi) is 13.5. The molecule has 0 heterocycles. The summed E-state index contributed by atoms with van der Waals surface area (Å²) < 4.78 is 0. The molecule has 0 bridgehead atoms. The maximum absolute atomic E-state index is 12.6. The molecule has 0 fully saturated rings. The number of hydrogen-bond acceptors (Lipinski definition) is 7. The molecule has 0 radical (unpaired) electrons. The molecule has 0 aromatic heterocycles. The number of carboxylic acids is 2. The van der Waals surface area contributed by atoms with E-state index in [0.717, 1.165) is 0 Å². The van der Waals surface area contributed by atoms with Crippen LogP contribution < -0.4 is 33.6 Å². The number of hydrogen-bond donors (Lipinski definition) is 8. The Morgan fingerprint density at radius 1 is 0.867 bits per heavy atom. The molecule has 0 spiro atoms. The van der Waals surface area contributed by atoms with Gasteiger partial charge in [0.15, 0.2) is 5.96 Å². The molecule has 0 aliphatic rings. The third-order valence-corrected chi connectivity index (χ3v) is 4.15. The van der Waals surface area contributed by atoms with Gasteiger partial charge in [-0.25, -0.2) is 4.79 Å². The van der Waals surface area contributed by atoms with Crippen LogP contribution in [0.15, 0.2) is 4.99 Å². The van der Waals surface area contributed by atoms with Gasteiger partial charge < -0.3 is 43.8 Å². The van der Waals surface area contributed by atoms with Crippen molar-refractivity contribution in [3.63, 3.8) is 0 Å². The van der Waals surface area contributed by atoms with Gasteiger partial charge in [0.2, 0.25) is 11.8 Å². The maximum Gasteiger partial charge on any atom is 0.326 e. The van der Waals surface area contributed by atoms with Crippen molar-refractivity contribution >= 4 is 29.7 Å². The summed E-state index contributed by atoms with van der Waals surface area (Å²) in [6.07, 6.45) is 1.35. The lowest BCUT2D eigenvalue weighted by Crippen LogP contribution is -2.54. The Hall–Kier alpha value is -2.93. The molecule has 30 heavy (non-hydrogen) atoms. The number of unbranched alkanes of at least 4 members (excludes halogenated alkanes) is 1. The molecule has 13 heteroatoms. The van der Waals surface area contributed by atoms with Crippen LogP contribution in [0.3, 0.4) is 0 Å². The molecule has 0 rings (SSSR count). The van der Waals surface area contributed by atoms with Gasteiger partial charge in [-0.2, -0.15) is 0 Å². The van der Waals surface area contributed by atoms with Gasteiger partial charge in [0.05, 0.1) is 6.04 Å². The first-order chi connectivity index (χ1) is 14.1. The van der Waals surface area contributed by atoms with E-state index in [2.05, 4.69) is 15.6 Å². The molecular formula is C17H33N7O6. The number of nitrogens with zero attached hydrogens (tertiary/aromatic N) is 1. The van der Waals surface area contributed by atoms with E-state index in [9.17, 15) is 24.3 Å². The third kappa shape index (κ3) is 12.5. The molecule has 2 amide bonds. The fraction of sp³-hybridized carbons (Fsp3) is 0.706. The smallest absolute Gasteiger partial charge is 0.326 e. The Bertz CT molecular complexity index is 609. The van der Waals surface area contributed by atoms with Gasteiger partial charge in [-0.3, -0.25) is 19.4 Å². The van der Waals surface area contributed by atoms with E-state index in [-0.39, 0.29) is 38.2 Å². The van der Waals surface area contributed by atoms with Crippen LogP contribution in [0.1, 0.15) is 44.9 Å². The maximum atomic E-state index is 12.6. The van der Waals surface area contributed by atoms with E-state index >= 15 is 0 Å². The van der Waals surface area contributed by atoms with Crippen LogP contribution in [0.2, 0.25) is 0 Å². The molecule has 0 saturated heterocycles. The largest absolute Gasteiger partial charge is 0.481 e. The predicted octanol–water partition coefficient (Wildman–Crippen LogP) is -2.58. The number of carbonyl (C=O) groups excluding carboxylic acids is 2. The Balaban J connectivity index is 4.98. The second kappa shape index (κ2) is 15.0. The molecule has 12 N–H and O–H groups in total. The van der Waals surface area contributed by atoms with Crippen molar-refractivity contribution in [1.29, 1.82) is 0 Å². The van der Waals surface area contributed by atoms with Gasteiger partial charge in [0.1, 0.15) is 12.1 Å². The number of aliphatic imine (C=N–C) groups is 1. The first-order valence-electron chi connectivity index (χ1n) is 9.64. The Labute approximate surface area is 174 Å². The van der Waals surface area contributed by atoms with Gasteiger partial charge in [0.25, 0.3) is 0 Å². The first-order valence-corrected chi connectivity index (χ1v) is 9.64. The van der Waals surface area contributed by atoms with Crippen LogP contribution in [-0.4, -0.2) is 71.1 Å². The zero-order valence-electron chi connectivity index (χ0n) is 16.9. The Morgan fingerprint density at radius 3 is 2.00 bits per heavy atom. The van der Waals surface area contributed by atoms with Crippen molar-refractivity contribution in [2.24, 2.45) is 27.9 Å². The average Bonchev–Trinajstić information content (AvgIpc) is 2.66. The number of nitrogens with one attached hydrogen (secondary N) is 2. The Morgan fingerprint density at radius 2 is 1.47 bits per heavy atom. The van der Waals surface area contributed by atoms with Crippen LogP contribution in [0.4, 0.5) is 0 Å². The number of carbonyl (C=O) groups is 4. The number of aliphatic carboxylic acids is 2. The minimum absolute atomic E-state index is 0.0828. The van der Waals surface area contributed by atoms with Crippen molar-refractivity contribution < 1.29 is 29.4 Å². The van der Waals surface area contributed by atoms with Crippen LogP contribution >= 0.6 is 0 Å². The highest BCUT2D eigenvalue weighted by Gasteiger charge is 2.27. The molecule has 172 valence electrons. The molecule has 0 aromatic carbocycles. The summed E-state index contributed by atoms with van der Waals surface area (Å²) in [6.45, 7) is 0.597. The van der Waals surface area contributed by atoms with E-state index < -0.39 is 41.9 Å². The lowest BCUT2D eigenvalue weighted by Gasteiger charge is -2.23. The number of carboxylic acid groups (broad SMARTS) is 2. The van der Waals surface area contributed by atoms with Crippen molar-refractivity contribution in [3.8, 4) is 0 Å². The minimum atomic E-state index is -1.24. The van der Waals surface area contributed by atoms with E-state index in [0.29, 0.717) is 25.8 Å². The predicted molar refractivity (Wildman–Crippen MR) is 109 cm³/mol. The van der Waals surface area contributed by atoms with Crippen LogP contribution in [0, 0.1) is 0 Å². The quantitative estimate of drug-likeness (QED) is 0.0719. The highest BCUT2D eigenvalue weighted by Crippen LogP contribution is 2.05. The minimum Gasteiger partial charge on any atom is -0.481 e. The summed E-state index contributed by atoms with van der Waals surface area (Å²) in [5, 5.41) is 22.9. The lowest BCUT2D eigenvalue weighted by atomic mass is 10.1. The van der Waals surface area contributed by atoms with Gasteiger partial charge in [-0.15, -0.1) is 0 Å². The highest BCUT2D eigenvalue weighted by molar-refractivity contribution is 5.91. The van der Waals surface area contributed by atoms with E-state index in [1.165, 1.54) is 0 Å². The molecule has 0 unspecified atom stereocenters. The number of nitrogens with two attached hydrogens (primary N) is 4. The zero-order valence-corrected chi connectivity index (χ0v) is 16.9. The fourth-order valence-electron chi connectivity index (χ4n) is 2.48. The monoisotopic (exact) mass is 431 g/mol. The third-order valence-electron chi connectivity index (χ3n) is 4.15. The molecular weight excluding hydrogens is 398 g/mol. The summed E-state index contributed by atoms with van der Waals surface area (Å²) in [6, 6.07) is -3.33. The second-order valence-corrected chi connectivity index (χ2v) is 6.73. The number of guanidine groups is 1. The van der Waals surface area contributed by atoms with E-state index in [1.54, 1.807) is 0 Å². The second-order valence-electron chi connectivity index (χ2n) is 6.73. The van der Waals surface area contributed by atoms with Gasteiger partial charge >= 0.3 is 11.9 Å².